The second-order valence-electron chi connectivity index (χ2n) is 3.44. The van der Waals surface area contributed by atoms with Gasteiger partial charge in [-0.05, 0) is 18.2 Å². The molecular weight excluding hydrogens is 226 g/mol. The summed E-state index contributed by atoms with van der Waals surface area (Å²) in [7, 11) is 1.43. The zero-order valence-electron chi connectivity index (χ0n) is 9.38. The number of hydrogen-bond donors (Lipinski definition) is 4. The largest absolute Gasteiger partial charge is 0.495 e. The van der Waals surface area contributed by atoms with Gasteiger partial charge in [0.25, 0.3) is 0 Å². The van der Waals surface area contributed by atoms with E-state index in [1.165, 1.54) is 19.2 Å². The molecule has 0 spiro atoms. The van der Waals surface area contributed by atoms with E-state index in [2.05, 4.69) is 5.32 Å². The molecule has 1 unspecified atom stereocenters. The lowest BCUT2D eigenvalue weighted by molar-refractivity contribution is 0.0696. The molecule has 1 aromatic carbocycles. The normalized spacial score (nSPS) is 11.9. The summed E-state index contributed by atoms with van der Waals surface area (Å²) in [5.41, 5.74) is 0.681. The van der Waals surface area contributed by atoms with Crippen LogP contribution in [-0.4, -0.2) is 47.7 Å². The topological polar surface area (TPSA) is 99.0 Å². The Kier molecular flexibility index (Phi) is 4.74. The number of aromatic carboxylic acids is 1. The number of rotatable bonds is 6. The lowest BCUT2D eigenvalue weighted by atomic mass is 10.2. The number of aliphatic hydroxyl groups is 2. The molecular formula is C11H15NO5. The Bertz CT molecular complexity index is 393. The van der Waals surface area contributed by atoms with Crippen LogP contribution in [0.3, 0.4) is 0 Å². The number of methoxy groups -OCH3 is 1. The minimum Gasteiger partial charge on any atom is -0.495 e. The number of ether oxygens (including phenoxy) is 1. The number of benzene rings is 1. The summed E-state index contributed by atoms with van der Waals surface area (Å²) in [5, 5.41) is 29.5. The third-order valence-corrected chi connectivity index (χ3v) is 2.19. The van der Waals surface area contributed by atoms with Crippen LogP contribution in [0.15, 0.2) is 18.2 Å². The van der Waals surface area contributed by atoms with Crippen LogP contribution in [-0.2, 0) is 0 Å². The molecule has 6 nitrogen and oxygen atoms in total. The van der Waals surface area contributed by atoms with Crippen molar-refractivity contribution < 1.29 is 24.9 Å². The lowest BCUT2D eigenvalue weighted by Gasteiger charge is -2.13. The van der Waals surface area contributed by atoms with Crippen molar-refractivity contribution >= 4 is 11.7 Å². The van der Waals surface area contributed by atoms with Crippen molar-refractivity contribution in [3.05, 3.63) is 23.8 Å². The van der Waals surface area contributed by atoms with Crippen LogP contribution in [0.1, 0.15) is 10.4 Å². The van der Waals surface area contributed by atoms with Crippen LogP contribution in [0.4, 0.5) is 5.69 Å². The molecule has 94 valence electrons. The van der Waals surface area contributed by atoms with Crippen molar-refractivity contribution in [1.29, 1.82) is 0 Å². The van der Waals surface area contributed by atoms with Crippen LogP contribution >= 0.6 is 0 Å². The van der Waals surface area contributed by atoms with Gasteiger partial charge < -0.3 is 25.4 Å². The standard InChI is InChI=1S/C11H15NO5/c1-17-10-4-7(11(15)16)2-3-9(10)12-5-8(14)6-13/h2-4,8,12-14H,5-6H2,1H3,(H,15,16). The molecule has 0 fully saturated rings. The Hall–Kier alpha value is -1.79. The Morgan fingerprint density at radius 2 is 2.24 bits per heavy atom. The Morgan fingerprint density at radius 3 is 2.76 bits per heavy atom. The van der Waals surface area contributed by atoms with Crippen molar-refractivity contribution in [1.82, 2.24) is 0 Å². The quantitative estimate of drug-likeness (QED) is 0.566. The first-order chi connectivity index (χ1) is 8.08. The molecule has 0 aliphatic heterocycles. The van der Waals surface area contributed by atoms with Crippen LogP contribution < -0.4 is 10.1 Å². The zero-order chi connectivity index (χ0) is 12.8. The van der Waals surface area contributed by atoms with Crippen LogP contribution in [0.2, 0.25) is 0 Å². The van der Waals surface area contributed by atoms with E-state index in [-0.39, 0.29) is 18.7 Å². The van der Waals surface area contributed by atoms with Gasteiger partial charge in [-0.15, -0.1) is 0 Å². The number of carboxylic acid groups (broad SMARTS) is 1. The average molecular weight is 241 g/mol. The van der Waals surface area contributed by atoms with E-state index in [0.717, 1.165) is 0 Å². The molecule has 1 atom stereocenters. The van der Waals surface area contributed by atoms with Crippen molar-refractivity contribution in [2.75, 3.05) is 25.6 Å². The van der Waals surface area contributed by atoms with Gasteiger partial charge in [-0.3, -0.25) is 0 Å². The van der Waals surface area contributed by atoms with E-state index in [4.69, 9.17) is 14.9 Å². The molecule has 6 heteroatoms. The van der Waals surface area contributed by atoms with E-state index in [0.29, 0.717) is 11.4 Å². The van der Waals surface area contributed by atoms with Crippen molar-refractivity contribution in [3.63, 3.8) is 0 Å². The van der Waals surface area contributed by atoms with Gasteiger partial charge in [0.2, 0.25) is 0 Å². The molecule has 0 bridgehead atoms. The highest BCUT2D eigenvalue weighted by atomic mass is 16.5. The van der Waals surface area contributed by atoms with E-state index in [9.17, 15) is 9.90 Å². The number of nitrogens with one attached hydrogen (secondary N) is 1. The first kappa shape index (κ1) is 13.3. The number of carbonyl (C=O) groups is 1. The third-order valence-electron chi connectivity index (χ3n) is 2.19. The molecule has 1 aromatic rings. The Morgan fingerprint density at radius 1 is 1.53 bits per heavy atom. The predicted octanol–water partition coefficient (Wildman–Crippen LogP) is 0.158. The summed E-state index contributed by atoms with van der Waals surface area (Å²) in [6.07, 6.45) is -0.876. The minimum absolute atomic E-state index is 0.120. The molecule has 0 aliphatic carbocycles. The fourth-order valence-electron chi connectivity index (χ4n) is 1.26. The van der Waals surface area contributed by atoms with Crippen molar-refractivity contribution in [3.8, 4) is 5.75 Å². The van der Waals surface area contributed by atoms with E-state index >= 15 is 0 Å². The van der Waals surface area contributed by atoms with Gasteiger partial charge in [-0.1, -0.05) is 0 Å². The fourth-order valence-corrected chi connectivity index (χ4v) is 1.26. The number of aliphatic hydroxyl groups excluding tert-OH is 2. The smallest absolute Gasteiger partial charge is 0.335 e. The van der Waals surface area contributed by atoms with E-state index < -0.39 is 12.1 Å². The average Bonchev–Trinajstić information content (AvgIpc) is 2.35. The van der Waals surface area contributed by atoms with Gasteiger partial charge in [-0.25, -0.2) is 4.79 Å². The summed E-state index contributed by atoms with van der Waals surface area (Å²) >= 11 is 0. The predicted molar refractivity (Wildman–Crippen MR) is 61.5 cm³/mol. The third kappa shape index (κ3) is 3.61. The van der Waals surface area contributed by atoms with Gasteiger partial charge >= 0.3 is 5.97 Å². The SMILES string of the molecule is COc1cc(C(=O)O)ccc1NCC(O)CO. The maximum absolute atomic E-state index is 10.7. The second-order valence-corrected chi connectivity index (χ2v) is 3.44. The molecule has 17 heavy (non-hydrogen) atoms. The van der Waals surface area contributed by atoms with Crippen molar-refractivity contribution in [2.45, 2.75) is 6.10 Å². The highest BCUT2D eigenvalue weighted by Gasteiger charge is 2.09. The number of carboxylic acids is 1. The Labute approximate surface area is 98.5 Å². The molecule has 0 radical (unpaired) electrons. The second kappa shape index (κ2) is 6.07. The molecule has 0 aromatic heterocycles. The minimum atomic E-state index is -1.04. The monoisotopic (exact) mass is 241 g/mol. The summed E-state index contributed by atoms with van der Waals surface area (Å²) < 4.78 is 5.03. The Balaban J connectivity index is 2.82. The number of hydrogen-bond acceptors (Lipinski definition) is 5. The van der Waals surface area contributed by atoms with Gasteiger partial charge in [0.15, 0.2) is 0 Å². The van der Waals surface area contributed by atoms with Gasteiger partial charge in [0.1, 0.15) is 5.75 Å². The van der Waals surface area contributed by atoms with E-state index in [1.54, 1.807) is 6.07 Å². The molecule has 4 N–H and O–H groups in total. The molecule has 0 saturated heterocycles. The summed E-state index contributed by atoms with van der Waals surface area (Å²) in [4.78, 5) is 10.7. The molecule has 0 aliphatic rings. The van der Waals surface area contributed by atoms with Gasteiger partial charge in [0, 0.05) is 6.54 Å². The molecule has 0 heterocycles. The lowest BCUT2D eigenvalue weighted by Crippen LogP contribution is -2.23. The zero-order valence-corrected chi connectivity index (χ0v) is 9.38. The van der Waals surface area contributed by atoms with Crippen LogP contribution in [0.5, 0.6) is 5.75 Å². The maximum Gasteiger partial charge on any atom is 0.335 e. The van der Waals surface area contributed by atoms with Gasteiger partial charge in [-0.2, -0.15) is 0 Å². The van der Waals surface area contributed by atoms with Crippen LogP contribution in [0.25, 0.3) is 0 Å². The van der Waals surface area contributed by atoms with Crippen LogP contribution in [0, 0.1) is 0 Å². The highest BCUT2D eigenvalue weighted by Crippen LogP contribution is 2.25. The van der Waals surface area contributed by atoms with Gasteiger partial charge in [0.05, 0.1) is 31.1 Å². The van der Waals surface area contributed by atoms with Crippen molar-refractivity contribution in [2.24, 2.45) is 0 Å². The van der Waals surface area contributed by atoms with E-state index in [1.807, 2.05) is 0 Å². The summed E-state index contributed by atoms with van der Waals surface area (Å²) in [6.45, 7) is -0.193. The highest BCUT2D eigenvalue weighted by molar-refractivity contribution is 5.89. The maximum atomic E-state index is 10.7. The number of anilines is 1. The summed E-state index contributed by atoms with van der Waals surface area (Å²) in [6, 6.07) is 4.36. The molecule has 1 rings (SSSR count). The first-order valence-electron chi connectivity index (χ1n) is 5.02. The molecule has 0 saturated carbocycles. The fraction of sp³-hybridized carbons (Fsp3) is 0.364. The molecule has 0 amide bonds. The summed E-state index contributed by atoms with van der Waals surface area (Å²) in [5.74, 6) is -0.666. The first-order valence-corrected chi connectivity index (χ1v) is 5.02.